The Morgan fingerprint density at radius 1 is 1.46 bits per heavy atom. The molecule has 2 rings (SSSR count). The minimum atomic E-state index is 0.142. The Labute approximate surface area is 82.7 Å². The highest BCUT2D eigenvalue weighted by molar-refractivity contribution is 9.10. The number of phenols is 1. The second kappa shape index (κ2) is 2.79. The van der Waals surface area contributed by atoms with Crippen LogP contribution in [-0.2, 0) is 0 Å². The molecule has 0 fully saturated rings. The van der Waals surface area contributed by atoms with Crippen molar-refractivity contribution in [3.63, 3.8) is 0 Å². The first kappa shape index (κ1) is 8.14. The SMILES string of the molecule is N#Cc1c[nH]c2ccc(O)c(Br)c12. The standard InChI is InChI=1S/C9H5BrN2O/c10-9-7(13)2-1-6-8(9)5(3-11)4-12-6/h1-2,4,12-13H. The smallest absolute Gasteiger partial charge is 0.130 e. The molecule has 1 aromatic carbocycles. The van der Waals surface area contributed by atoms with Crippen LogP contribution in [-0.4, -0.2) is 10.1 Å². The molecule has 64 valence electrons. The first-order valence-electron chi connectivity index (χ1n) is 3.62. The third-order valence-corrected chi connectivity index (χ3v) is 2.69. The van der Waals surface area contributed by atoms with Gasteiger partial charge < -0.3 is 10.1 Å². The molecule has 0 saturated heterocycles. The molecule has 2 aromatic rings. The first-order valence-corrected chi connectivity index (χ1v) is 4.42. The van der Waals surface area contributed by atoms with Crippen LogP contribution in [0.2, 0.25) is 0 Å². The molecule has 0 amide bonds. The van der Waals surface area contributed by atoms with Gasteiger partial charge in [0.05, 0.1) is 10.0 Å². The summed E-state index contributed by atoms with van der Waals surface area (Å²) >= 11 is 3.23. The lowest BCUT2D eigenvalue weighted by Crippen LogP contribution is -1.74. The van der Waals surface area contributed by atoms with Crippen molar-refractivity contribution in [2.24, 2.45) is 0 Å². The summed E-state index contributed by atoms with van der Waals surface area (Å²) in [6, 6.07) is 5.35. The summed E-state index contributed by atoms with van der Waals surface area (Å²) in [5.41, 5.74) is 1.36. The van der Waals surface area contributed by atoms with Crippen molar-refractivity contribution >= 4 is 26.8 Å². The first-order chi connectivity index (χ1) is 6.24. The monoisotopic (exact) mass is 236 g/mol. The lowest BCUT2D eigenvalue weighted by atomic mass is 10.2. The van der Waals surface area contributed by atoms with Crippen molar-refractivity contribution in [2.75, 3.05) is 0 Å². The van der Waals surface area contributed by atoms with Crippen molar-refractivity contribution in [1.29, 1.82) is 5.26 Å². The average Bonchev–Trinajstić information content (AvgIpc) is 2.55. The zero-order chi connectivity index (χ0) is 9.42. The molecule has 3 nitrogen and oxygen atoms in total. The van der Waals surface area contributed by atoms with Gasteiger partial charge in [-0.15, -0.1) is 0 Å². The largest absolute Gasteiger partial charge is 0.507 e. The van der Waals surface area contributed by atoms with Gasteiger partial charge in [0.15, 0.2) is 0 Å². The molecule has 1 aromatic heterocycles. The molecule has 0 radical (unpaired) electrons. The van der Waals surface area contributed by atoms with Crippen LogP contribution in [0.4, 0.5) is 0 Å². The van der Waals surface area contributed by atoms with E-state index < -0.39 is 0 Å². The van der Waals surface area contributed by atoms with E-state index in [0.717, 1.165) is 10.9 Å². The second-order valence-electron chi connectivity index (χ2n) is 2.64. The topological polar surface area (TPSA) is 59.8 Å². The van der Waals surface area contributed by atoms with Gasteiger partial charge in [-0.2, -0.15) is 5.26 Å². The zero-order valence-corrected chi connectivity index (χ0v) is 8.09. The van der Waals surface area contributed by atoms with Crippen LogP contribution >= 0.6 is 15.9 Å². The number of hydrogen-bond acceptors (Lipinski definition) is 2. The van der Waals surface area contributed by atoms with Crippen molar-refractivity contribution in [3.8, 4) is 11.8 Å². The Balaban J connectivity index is 2.95. The number of hydrogen-bond donors (Lipinski definition) is 2. The number of halogens is 1. The lowest BCUT2D eigenvalue weighted by molar-refractivity contribution is 0.473. The number of phenolic OH excluding ortho intramolecular Hbond substituents is 1. The highest BCUT2D eigenvalue weighted by atomic mass is 79.9. The number of benzene rings is 1. The summed E-state index contributed by atoms with van der Waals surface area (Å²) in [6.45, 7) is 0. The molecule has 0 aliphatic carbocycles. The fourth-order valence-electron chi connectivity index (χ4n) is 1.26. The van der Waals surface area contributed by atoms with Crippen molar-refractivity contribution < 1.29 is 5.11 Å². The van der Waals surface area contributed by atoms with Crippen LogP contribution in [0.3, 0.4) is 0 Å². The van der Waals surface area contributed by atoms with E-state index in [1.807, 2.05) is 6.07 Å². The van der Waals surface area contributed by atoms with Crippen LogP contribution in [0.25, 0.3) is 10.9 Å². The molecule has 0 aliphatic rings. The van der Waals surface area contributed by atoms with Gasteiger partial charge in [0.2, 0.25) is 0 Å². The summed E-state index contributed by atoms with van der Waals surface area (Å²) in [5.74, 6) is 0.142. The Morgan fingerprint density at radius 3 is 2.92 bits per heavy atom. The summed E-state index contributed by atoms with van der Waals surface area (Å²) in [6.07, 6.45) is 1.62. The van der Waals surface area contributed by atoms with Gasteiger partial charge in [0.1, 0.15) is 11.8 Å². The van der Waals surface area contributed by atoms with Gasteiger partial charge in [0.25, 0.3) is 0 Å². The number of H-pyrrole nitrogens is 1. The zero-order valence-electron chi connectivity index (χ0n) is 6.50. The number of nitriles is 1. The van der Waals surface area contributed by atoms with Gasteiger partial charge in [0, 0.05) is 17.1 Å². The van der Waals surface area contributed by atoms with E-state index in [0.29, 0.717) is 10.0 Å². The second-order valence-corrected chi connectivity index (χ2v) is 3.43. The molecule has 13 heavy (non-hydrogen) atoms. The van der Waals surface area contributed by atoms with E-state index >= 15 is 0 Å². The Kier molecular flexibility index (Phi) is 1.74. The Morgan fingerprint density at radius 2 is 2.23 bits per heavy atom. The molecule has 0 unspecified atom stereocenters. The van der Waals surface area contributed by atoms with Crippen molar-refractivity contribution in [3.05, 3.63) is 28.4 Å². The lowest BCUT2D eigenvalue weighted by Gasteiger charge is -1.97. The third kappa shape index (κ3) is 1.09. The van der Waals surface area contributed by atoms with E-state index in [1.165, 1.54) is 0 Å². The van der Waals surface area contributed by atoms with Crippen LogP contribution in [0.1, 0.15) is 5.56 Å². The predicted molar refractivity (Wildman–Crippen MR) is 52.4 cm³/mol. The predicted octanol–water partition coefficient (Wildman–Crippen LogP) is 2.51. The summed E-state index contributed by atoms with van der Waals surface area (Å²) in [7, 11) is 0. The molecule has 2 N–H and O–H groups in total. The van der Waals surface area contributed by atoms with E-state index in [9.17, 15) is 5.11 Å². The molecule has 1 heterocycles. The summed E-state index contributed by atoms with van der Waals surface area (Å²) in [5, 5.41) is 18.9. The summed E-state index contributed by atoms with van der Waals surface area (Å²) < 4.78 is 0.558. The van der Waals surface area contributed by atoms with Crippen LogP contribution in [0.15, 0.2) is 22.8 Å². The van der Waals surface area contributed by atoms with Crippen LogP contribution in [0, 0.1) is 11.3 Å². The number of rotatable bonds is 0. The van der Waals surface area contributed by atoms with Crippen molar-refractivity contribution in [1.82, 2.24) is 4.98 Å². The normalized spacial score (nSPS) is 10.2. The fraction of sp³-hybridized carbons (Fsp3) is 0. The number of aromatic nitrogens is 1. The number of nitrogens with one attached hydrogen (secondary N) is 1. The molecule has 0 saturated carbocycles. The maximum Gasteiger partial charge on any atom is 0.130 e. The van der Waals surface area contributed by atoms with Crippen LogP contribution in [0.5, 0.6) is 5.75 Å². The van der Waals surface area contributed by atoms with E-state index in [4.69, 9.17) is 5.26 Å². The molecule has 0 atom stereocenters. The highest BCUT2D eigenvalue weighted by Crippen LogP contribution is 2.33. The number of fused-ring (bicyclic) bond motifs is 1. The molecule has 0 spiro atoms. The van der Waals surface area contributed by atoms with Gasteiger partial charge in [-0.3, -0.25) is 0 Å². The van der Waals surface area contributed by atoms with E-state index in [2.05, 4.69) is 20.9 Å². The number of aromatic amines is 1. The highest BCUT2D eigenvalue weighted by Gasteiger charge is 2.09. The Bertz CT molecular complexity index is 510. The van der Waals surface area contributed by atoms with E-state index in [1.54, 1.807) is 18.3 Å². The summed E-state index contributed by atoms with van der Waals surface area (Å²) in [4.78, 5) is 2.94. The average molecular weight is 237 g/mol. The molecular weight excluding hydrogens is 232 g/mol. The van der Waals surface area contributed by atoms with Gasteiger partial charge in [-0.1, -0.05) is 0 Å². The third-order valence-electron chi connectivity index (χ3n) is 1.88. The fourth-order valence-corrected chi connectivity index (χ4v) is 1.82. The molecule has 0 bridgehead atoms. The number of nitrogens with zero attached hydrogens (tertiary/aromatic N) is 1. The van der Waals surface area contributed by atoms with Crippen molar-refractivity contribution in [2.45, 2.75) is 0 Å². The quantitative estimate of drug-likeness (QED) is 0.739. The maximum atomic E-state index is 9.39. The van der Waals surface area contributed by atoms with Gasteiger partial charge in [-0.05, 0) is 28.1 Å². The minimum Gasteiger partial charge on any atom is -0.507 e. The molecule has 0 aliphatic heterocycles. The minimum absolute atomic E-state index is 0.142. The van der Waals surface area contributed by atoms with Crippen LogP contribution < -0.4 is 0 Å². The van der Waals surface area contributed by atoms with Gasteiger partial charge in [-0.25, -0.2) is 0 Å². The van der Waals surface area contributed by atoms with Gasteiger partial charge >= 0.3 is 0 Å². The molecular formula is C9H5BrN2O. The number of aromatic hydroxyl groups is 1. The maximum absolute atomic E-state index is 9.39. The van der Waals surface area contributed by atoms with E-state index in [-0.39, 0.29) is 5.75 Å². The Hall–Kier alpha value is -1.47. The molecule has 4 heteroatoms.